The van der Waals surface area contributed by atoms with Crippen LogP contribution >= 0.6 is 0 Å². The van der Waals surface area contributed by atoms with Crippen LogP contribution in [-0.2, 0) is 40.0 Å². The standard InChI is InChI=1S/C51H86N8O10.C4H11NO/c1-6-34(3)31-35(4)17-12-10-8-9-11-13-21-44(64)55-40(19-15-28-53-50(68)46-42(62)26-30-58(46)5)47(65)56-39(7-2)51(69)59-29-16-20-41(59)48(66)57-45(49(67)54-37(33-60)18-14-27-52)43(63)32-36-22-24-38(61)25-23-36;1-2-5-3-4-6/h22-25,33-35,37,39-43,45-46,61-63H,6-21,26-32,52H2,1-5H3,(H,53,68)(H,54,67)(H,55,64)(H,56,65)(H,57,66);5-6H,2-4H2,1H3/t34?,35?,37?,39?,40?,41?,42-,43+,45?,46?;/m0./s1. The number of phenolic OH excluding ortho intramolecular Hbond substituents is 1. The molecule has 2 heterocycles. The third kappa shape index (κ3) is 25.3. The largest absolute Gasteiger partial charge is 0.508 e. The number of carbonyl (C=O) groups excluding carboxylic acids is 7. The second-order valence-corrected chi connectivity index (χ2v) is 20.7. The molecule has 20 nitrogen and oxygen atoms in total. The number of nitrogens with two attached hydrogens (primary N) is 1. The molecule has 0 saturated carbocycles. The van der Waals surface area contributed by atoms with Crippen LogP contribution in [0.2, 0.25) is 0 Å². The summed E-state index contributed by atoms with van der Waals surface area (Å²) in [7, 11) is 1.77. The molecule has 0 radical (unpaired) electrons. The van der Waals surface area contributed by atoms with Crippen molar-refractivity contribution < 1.29 is 54.0 Å². The molecule has 8 unspecified atom stereocenters. The highest BCUT2D eigenvalue weighted by Gasteiger charge is 2.41. The molecule has 428 valence electrons. The van der Waals surface area contributed by atoms with Gasteiger partial charge in [-0.05, 0) is 114 Å². The van der Waals surface area contributed by atoms with Crippen molar-refractivity contribution >= 4 is 41.7 Å². The predicted molar refractivity (Wildman–Crippen MR) is 290 cm³/mol. The van der Waals surface area contributed by atoms with Crippen LogP contribution in [0.4, 0.5) is 0 Å². The Bertz CT molecular complexity index is 1810. The smallest absolute Gasteiger partial charge is 0.245 e. The van der Waals surface area contributed by atoms with Gasteiger partial charge in [-0.25, -0.2) is 0 Å². The van der Waals surface area contributed by atoms with Gasteiger partial charge in [-0.3, -0.25) is 33.7 Å². The molecule has 0 aromatic heterocycles. The Morgan fingerprint density at radius 2 is 1.47 bits per heavy atom. The van der Waals surface area contributed by atoms with E-state index in [4.69, 9.17) is 10.8 Å². The molecule has 1 aromatic carbocycles. The first-order valence-electron chi connectivity index (χ1n) is 28.0. The van der Waals surface area contributed by atoms with E-state index in [1.54, 1.807) is 31.0 Å². The summed E-state index contributed by atoms with van der Waals surface area (Å²) >= 11 is 0. The number of rotatable bonds is 36. The Kier molecular flexibility index (Phi) is 33.6. The summed E-state index contributed by atoms with van der Waals surface area (Å²) in [5.41, 5.74) is 6.17. The first-order chi connectivity index (χ1) is 35.9. The number of aromatic hydroxyl groups is 1. The third-order valence-corrected chi connectivity index (χ3v) is 14.3. The highest BCUT2D eigenvalue weighted by Crippen LogP contribution is 2.23. The number of carbonyl (C=O) groups is 7. The van der Waals surface area contributed by atoms with Gasteiger partial charge in [0.05, 0.1) is 24.9 Å². The molecule has 1 aromatic rings. The van der Waals surface area contributed by atoms with Crippen LogP contribution in [-0.4, -0.2) is 173 Å². The molecule has 0 bridgehead atoms. The lowest BCUT2D eigenvalue weighted by Crippen LogP contribution is -2.60. The number of aliphatic hydroxyl groups is 3. The quantitative estimate of drug-likeness (QED) is 0.0340. The maximum absolute atomic E-state index is 14.2. The molecular formula is C55H97N9O11. The van der Waals surface area contributed by atoms with Crippen molar-refractivity contribution in [3.63, 3.8) is 0 Å². The number of nitrogens with zero attached hydrogens (tertiary/aromatic N) is 2. The third-order valence-electron chi connectivity index (χ3n) is 14.3. The van der Waals surface area contributed by atoms with Crippen LogP contribution in [0.3, 0.4) is 0 Å². The number of hydrogen-bond donors (Lipinski definition) is 11. The first kappa shape index (κ1) is 66.4. The van der Waals surface area contributed by atoms with Gasteiger partial charge in [0, 0.05) is 39.0 Å². The minimum Gasteiger partial charge on any atom is -0.508 e. The van der Waals surface area contributed by atoms with E-state index in [2.05, 4.69) is 52.7 Å². The number of nitrogens with one attached hydrogen (secondary N) is 6. The van der Waals surface area contributed by atoms with E-state index in [1.807, 2.05) is 6.92 Å². The molecule has 75 heavy (non-hydrogen) atoms. The van der Waals surface area contributed by atoms with Gasteiger partial charge in [0.25, 0.3) is 0 Å². The van der Waals surface area contributed by atoms with Gasteiger partial charge in [-0.1, -0.05) is 91.7 Å². The van der Waals surface area contributed by atoms with Gasteiger partial charge < -0.3 is 67.8 Å². The second kappa shape index (κ2) is 37.9. The summed E-state index contributed by atoms with van der Waals surface area (Å²) in [5.74, 6) is -1.75. The molecule has 12 N–H and O–H groups in total. The fourth-order valence-corrected chi connectivity index (χ4v) is 9.65. The number of aliphatic hydroxyl groups excluding tert-OH is 3. The fraction of sp³-hybridized carbons (Fsp3) is 0.764. The van der Waals surface area contributed by atoms with Gasteiger partial charge in [-0.2, -0.15) is 0 Å². The lowest BCUT2D eigenvalue weighted by molar-refractivity contribution is -0.143. The molecule has 2 aliphatic heterocycles. The topological polar surface area (TPSA) is 305 Å². The zero-order valence-corrected chi connectivity index (χ0v) is 46.2. The van der Waals surface area contributed by atoms with Gasteiger partial charge in [0.15, 0.2) is 0 Å². The summed E-state index contributed by atoms with van der Waals surface area (Å²) in [6.45, 7) is 13.8. The molecule has 2 aliphatic rings. The number of benzene rings is 1. The van der Waals surface area contributed by atoms with Crippen molar-refractivity contribution in [3.05, 3.63) is 29.8 Å². The number of hydrogen-bond acceptors (Lipinski definition) is 14. The average Bonchev–Trinajstić information content (AvgIpc) is 4.03. The molecule has 20 heteroatoms. The Morgan fingerprint density at radius 3 is 2.07 bits per heavy atom. The SMILES string of the molecule is CCC(C)CC(C)CCCCCCCCC(=O)NC(CCCNC(=O)C1[C@@H](O)CCN1C)C(=O)NC(CC)C(=O)N1CCCC1C(=O)NC(C(=O)NC(C=O)CCCN)[C@H](O)Cc1ccc(O)cc1.CCNCCO. The summed E-state index contributed by atoms with van der Waals surface area (Å²) in [6.07, 6.45) is 10.7. The van der Waals surface area contributed by atoms with Gasteiger partial charge in [-0.15, -0.1) is 0 Å². The molecule has 2 fully saturated rings. The normalized spacial score (nSPS) is 19.3. The van der Waals surface area contributed by atoms with Crippen LogP contribution in [0.5, 0.6) is 5.75 Å². The maximum atomic E-state index is 14.2. The van der Waals surface area contributed by atoms with Gasteiger partial charge in [0.1, 0.15) is 42.2 Å². The van der Waals surface area contributed by atoms with Crippen LogP contribution in [0.15, 0.2) is 24.3 Å². The Labute approximate surface area is 447 Å². The van der Waals surface area contributed by atoms with Gasteiger partial charge >= 0.3 is 0 Å². The zero-order valence-electron chi connectivity index (χ0n) is 46.2. The molecule has 6 amide bonds. The van der Waals surface area contributed by atoms with E-state index in [-0.39, 0.29) is 82.3 Å². The van der Waals surface area contributed by atoms with Crippen LogP contribution in [0, 0.1) is 11.8 Å². The number of amides is 6. The number of aldehydes is 1. The molecule has 3 rings (SSSR count). The number of unbranched alkanes of at least 4 members (excludes halogenated alkanes) is 5. The fourth-order valence-electron chi connectivity index (χ4n) is 9.65. The maximum Gasteiger partial charge on any atom is 0.245 e. The van der Waals surface area contributed by atoms with E-state index in [0.29, 0.717) is 50.5 Å². The highest BCUT2D eigenvalue weighted by atomic mass is 16.3. The first-order valence-corrected chi connectivity index (χ1v) is 28.0. The molecule has 0 aliphatic carbocycles. The Morgan fingerprint density at radius 1 is 0.773 bits per heavy atom. The van der Waals surface area contributed by atoms with Crippen LogP contribution in [0.1, 0.15) is 156 Å². The van der Waals surface area contributed by atoms with Gasteiger partial charge in [0.2, 0.25) is 35.4 Å². The monoisotopic (exact) mass is 1060 g/mol. The Balaban J connectivity index is 0.00000302. The molecule has 2 saturated heterocycles. The van der Waals surface area contributed by atoms with E-state index in [1.165, 1.54) is 42.7 Å². The average molecular weight is 1060 g/mol. The minimum absolute atomic E-state index is 0.00661. The van der Waals surface area contributed by atoms with Crippen molar-refractivity contribution in [3.8, 4) is 5.75 Å². The van der Waals surface area contributed by atoms with Crippen molar-refractivity contribution in [2.75, 3.05) is 52.9 Å². The lowest BCUT2D eigenvalue weighted by atomic mass is 9.91. The van der Waals surface area contributed by atoms with E-state index in [9.17, 15) is 48.9 Å². The number of likely N-dealkylation sites (N-methyl/N-ethyl adjacent to an activating group) is 2. The van der Waals surface area contributed by atoms with E-state index in [0.717, 1.165) is 50.6 Å². The predicted octanol–water partition coefficient (Wildman–Crippen LogP) is 2.32. The Hall–Kier alpha value is -4.73. The zero-order chi connectivity index (χ0) is 55.7. The number of likely N-dealkylation sites (tertiary alicyclic amines) is 2. The van der Waals surface area contributed by atoms with Crippen molar-refractivity contribution in [2.45, 2.75) is 205 Å². The van der Waals surface area contributed by atoms with Crippen LogP contribution in [0.25, 0.3) is 0 Å². The van der Waals surface area contributed by atoms with E-state index >= 15 is 0 Å². The molecule has 0 spiro atoms. The lowest BCUT2D eigenvalue weighted by Gasteiger charge is -2.31. The summed E-state index contributed by atoms with van der Waals surface area (Å²) in [6, 6.07) is -0.277. The summed E-state index contributed by atoms with van der Waals surface area (Å²) in [4.78, 5) is 97.1. The van der Waals surface area contributed by atoms with Crippen LogP contribution < -0.4 is 37.6 Å². The summed E-state index contributed by atoms with van der Waals surface area (Å²) in [5, 5.41) is 56.2. The second-order valence-electron chi connectivity index (χ2n) is 20.7. The van der Waals surface area contributed by atoms with Crippen molar-refractivity contribution in [1.82, 2.24) is 41.7 Å². The van der Waals surface area contributed by atoms with Crippen molar-refractivity contribution in [2.24, 2.45) is 17.6 Å². The highest BCUT2D eigenvalue weighted by molar-refractivity contribution is 5.96. The molecular weight excluding hydrogens is 963 g/mol. The minimum atomic E-state index is -1.53. The number of phenols is 1. The van der Waals surface area contributed by atoms with E-state index < -0.39 is 72.1 Å². The summed E-state index contributed by atoms with van der Waals surface area (Å²) < 4.78 is 0. The molecule has 10 atom stereocenters. The van der Waals surface area contributed by atoms with Crippen molar-refractivity contribution in [1.29, 1.82) is 0 Å².